The van der Waals surface area contributed by atoms with Crippen LogP contribution in [0, 0.1) is 6.92 Å². The van der Waals surface area contributed by atoms with Gasteiger partial charge in [-0.3, -0.25) is 0 Å². The van der Waals surface area contributed by atoms with Gasteiger partial charge in [-0.1, -0.05) is 6.07 Å². The number of nitrogens with one attached hydrogen (secondary N) is 1. The first-order valence-electron chi connectivity index (χ1n) is 11.0. The maximum atomic E-state index is 5.95. The van der Waals surface area contributed by atoms with E-state index in [1.807, 2.05) is 13.8 Å². The van der Waals surface area contributed by atoms with Crippen molar-refractivity contribution in [3.8, 4) is 17.0 Å². The summed E-state index contributed by atoms with van der Waals surface area (Å²) in [4.78, 5) is 7.07. The van der Waals surface area contributed by atoms with Gasteiger partial charge < -0.3 is 19.7 Å². The van der Waals surface area contributed by atoms with Gasteiger partial charge >= 0.3 is 0 Å². The quantitative estimate of drug-likeness (QED) is 0.520. The summed E-state index contributed by atoms with van der Waals surface area (Å²) < 4.78 is 11.4. The van der Waals surface area contributed by atoms with Gasteiger partial charge in [-0.25, -0.2) is 4.98 Å². The molecule has 0 radical (unpaired) electrons. The van der Waals surface area contributed by atoms with E-state index < -0.39 is 0 Å². The standard InChI is InChI=1S/C23H33N5O2/c1-5-29-15-30-20-13-18(17-7-8-17)9-10-19(20)21-16(2)24-22(27-26-21)25-23(3)11-6-12-28(4)14-23/h9-10,13,17H,5-8,11-12,14-15H2,1-4H3,(H,24,25,27)/t23-/m0/s1. The van der Waals surface area contributed by atoms with E-state index in [9.17, 15) is 0 Å². The Morgan fingerprint density at radius 3 is 2.80 bits per heavy atom. The fraction of sp³-hybridized carbons (Fsp3) is 0.609. The summed E-state index contributed by atoms with van der Waals surface area (Å²) in [5.41, 5.74) is 3.77. The summed E-state index contributed by atoms with van der Waals surface area (Å²) in [6.07, 6.45) is 4.76. The van der Waals surface area contributed by atoms with E-state index in [-0.39, 0.29) is 12.3 Å². The highest BCUT2D eigenvalue weighted by Gasteiger charge is 2.30. The molecule has 1 saturated carbocycles. The fourth-order valence-electron chi connectivity index (χ4n) is 4.28. The molecule has 1 saturated heterocycles. The van der Waals surface area contributed by atoms with Gasteiger partial charge in [0.1, 0.15) is 11.4 Å². The van der Waals surface area contributed by atoms with Crippen molar-refractivity contribution in [1.29, 1.82) is 0 Å². The molecule has 0 bridgehead atoms. The highest BCUT2D eigenvalue weighted by Crippen LogP contribution is 2.43. The first kappa shape index (κ1) is 21.0. The van der Waals surface area contributed by atoms with Gasteiger partial charge in [0.2, 0.25) is 5.95 Å². The van der Waals surface area contributed by atoms with Gasteiger partial charge in [0.05, 0.1) is 11.2 Å². The third-order valence-corrected chi connectivity index (χ3v) is 5.97. The highest BCUT2D eigenvalue weighted by molar-refractivity contribution is 5.69. The second kappa shape index (κ2) is 8.86. The van der Waals surface area contributed by atoms with E-state index in [1.54, 1.807) is 0 Å². The molecule has 0 unspecified atom stereocenters. The molecular formula is C23H33N5O2. The predicted molar refractivity (Wildman–Crippen MR) is 118 cm³/mol. The van der Waals surface area contributed by atoms with Gasteiger partial charge in [0.15, 0.2) is 6.79 Å². The smallest absolute Gasteiger partial charge is 0.243 e. The number of benzene rings is 1. The van der Waals surface area contributed by atoms with Gasteiger partial charge in [-0.05, 0) is 83.7 Å². The Hall–Kier alpha value is -2.25. The summed E-state index contributed by atoms with van der Waals surface area (Å²) in [6.45, 7) is 9.11. The lowest BCUT2D eigenvalue weighted by atomic mass is 9.91. The summed E-state index contributed by atoms with van der Waals surface area (Å²) in [5, 5.41) is 12.5. The van der Waals surface area contributed by atoms with Crippen LogP contribution in [-0.2, 0) is 4.74 Å². The van der Waals surface area contributed by atoms with E-state index in [2.05, 4.69) is 52.6 Å². The van der Waals surface area contributed by atoms with Crippen molar-refractivity contribution in [2.75, 3.05) is 38.9 Å². The number of aryl methyl sites for hydroxylation is 1. The van der Waals surface area contributed by atoms with Gasteiger partial charge in [-0.15, -0.1) is 10.2 Å². The Balaban J connectivity index is 1.57. The molecule has 1 aromatic carbocycles. The van der Waals surface area contributed by atoms with Crippen molar-refractivity contribution in [2.24, 2.45) is 0 Å². The van der Waals surface area contributed by atoms with Crippen molar-refractivity contribution < 1.29 is 9.47 Å². The molecule has 1 aliphatic heterocycles. The monoisotopic (exact) mass is 411 g/mol. The number of ether oxygens (including phenoxy) is 2. The summed E-state index contributed by atoms with van der Waals surface area (Å²) >= 11 is 0. The molecule has 1 N–H and O–H groups in total. The number of aromatic nitrogens is 3. The number of nitrogens with zero attached hydrogens (tertiary/aromatic N) is 4. The van der Waals surface area contributed by atoms with Crippen LogP contribution < -0.4 is 10.1 Å². The molecule has 7 nitrogen and oxygen atoms in total. The number of piperidine rings is 1. The largest absolute Gasteiger partial charge is 0.467 e. The van der Waals surface area contributed by atoms with Crippen molar-refractivity contribution in [3.63, 3.8) is 0 Å². The summed E-state index contributed by atoms with van der Waals surface area (Å²) in [7, 11) is 2.15. The van der Waals surface area contributed by atoms with Gasteiger partial charge in [0.25, 0.3) is 0 Å². The van der Waals surface area contributed by atoms with Crippen LogP contribution in [0.15, 0.2) is 18.2 Å². The van der Waals surface area contributed by atoms with E-state index in [0.29, 0.717) is 18.5 Å². The number of likely N-dealkylation sites (tertiary alicyclic amines) is 1. The van der Waals surface area contributed by atoms with Crippen molar-refractivity contribution in [2.45, 2.75) is 57.9 Å². The first-order chi connectivity index (χ1) is 14.5. The zero-order valence-electron chi connectivity index (χ0n) is 18.6. The van der Waals surface area contributed by atoms with E-state index in [4.69, 9.17) is 14.5 Å². The maximum Gasteiger partial charge on any atom is 0.243 e. The number of likely N-dealkylation sites (N-methyl/N-ethyl adjacent to an activating group) is 1. The Morgan fingerprint density at radius 2 is 2.10 bits per heavy atom. The summed E-state index contributed by atoms with van der Waals surface area (Å²) in [6, 6.07) is 6.38. The van der Waals surface area contributed by atoms with Crippen molar-refractivity contribution >= 4 is 5.95 Å². The van der Waals surface area contributed by atoms with Crippen LogP contribution in [-0.4, -0.2) is 59.2 Å². The van der Waals surface area contributed by atoms with Crippen LogP contribution in [0.5, 0.6) is 5.75 Å². The van der Waals surface area contributed by atoms with E-state index >= 15 is 0 Å². The second-order valence-corrected chi connectivity index (χ2v) is 8.88. The molecule has 2 aliphatic rings. The molecule has 7 heteroatoms. The molecule has 0 spiro atoms. The van der Waals surface area contributed by atoms with Crippen LogP contribution in [0.4, 0.5) is 5.95 Å². The molecule has 2 fully saturated rings. The first-order valence-corrected chi connectivity index (χ1v) is 11.0. The van der Waals surface area contributed by atoms with Crippen LogP contribution in [0.3, 0.4) is 0 Å². The molecular weight excluding hydrogens is 378 g/mol. The lowest BCUT2D eigenvalue weighted by Crippen LogP contribution is -2.49. The normalized spacial score (nSPS) is 22.1. The average Bonchev–Trinajstić information content (AvgIpc) is 3.53. The number of rotatable bonds is 8. The number of hydrogen-bond acceptors (Lipinski definition) is 7. The molecule has 1 aliphatic carbocycles. The van der Waals surface area contributed by atoms with E-state index in [1.165, 1.54) is 24.8 Å². The molecule has 2 aromatic rings. The minimum Gasteiger partial charge on any atom is -0.467 e. The molecule has 2 heterocycles. The van der Waals surface area contributed by atoms with Crippen molar-refractivity contribution in [3.05, 3.63) is 29.5 Å². The molecule has 0 amide bonds. The SMILES string of the molecule is CCOCOc1cc(C2CC2)ccc1-c1nnc(N[C@@]2(C)CCCN(C)C2)nc1C. The Morgan fingerprint density at radius 1 is 1.27 bits per heavy atom. The van der Waals surface area contributed by atoms with Crippen LogP contribution in [0.1, 0.15) is 56.7 Å². The van der Waals surface area contributed by atoms with E-state index in [0.717, 1.165) is 42.2 Å². The number of hydrogen-bond donors (Lipinski definition) is 1. The maximum absolute atomic E-state index is 5.95. The van der Waals surface area contributed by atoms with Crippen LogP contribution in [0.2, 0.25) is 0 Å². The van der Waals surface area contributed by atoms with Crippen molar-refractivity contribution in [1.82, 2.24) is 20.1 Å². The molecule has 30 heavy (non-hydrogen) atoms. The number of anilines is 1. The molecule has 4 rings (SSSR count). The van der Waals surface area contributed by atoms with Gasteiger partial charge in [-0.2, -0.15) is 0 Å². The Bertz CT molecular complexity index is 886. The second-order valence-electron chi connectivity index (χ2n) is 8.88. The zero-order valence-corrected chi connectivity index (χ0v) is 18.6. The third kappa shape index (κ3) is 4.90. The molecule has 1 atom stereocenters. The third-order valence-electron chi connectivity index (χ3n) is 5.97. The topological polar surface area (TPSA) is 72.4 Å². The predicted octanol–water partition coefficient (Wildman–Crippen LogP) is 3.99. The minimum atomic E-state index is -0.0414. The Labute approximate surface area is 179 Å². The van der Waals surface area contributed by atoms with Crippen LogP contribution >= 0.6 is 0 Å². The average molecular weight is 412 g/mol. The van der Waals surface area contributed by atoms with Crippen LogP contribution in [0.25, 0.3) is 11.3 Å². The lowest BCUT2D eigenvalue weighted by molar-refractivity contribution is 0.0227. The fourth-order valence-corrected chi connectivity index (χ4v) is 4.28. The lowest BCUT2D eigenvalue weighted by Gasteiger charge is -2.39. The van der Waals surface area contributed by atoms with Gasteiger partial charge in [0, 0.05) is 18.7 Å². The molecule has 162 valence electrons. The zero-order chi connectivity index (χ0) is 21.1. The summed E-state index contributed by atoms with van der Waals surface area (Å²) in [5.74, 6) is 2.02. The Kier molecular flexibility index (Phi) is 6.20. The molecule has 1 aromatic heterocycles. The highest BCUT2D eigenvalue weighted by atomic mass is 16.7. The minimum absolute atomic E-state index is 0.0414.